The third-order valence-corrected chi connectivity index (χ3v) is 7.30. The van der Waals surface area contributed by atoms with Crippen molar-refractivity contribution in [2.75, 3.05) is 26.2 Å². The Morgan fingerprint density at radius 2 is 1.59 bits per heavy atom. The van der Waals surface area contributed by atoms with Crippen LogP contribution in [0.25, 0.3) is 0 Å². The molecule has 8 heteroatoms. The Morgan fingerprint density at radius 1 is 1.00 bits per heavy atom. The third-order valence-electron chi connectivity index (χ3n) is 5.42. The van der Waals surface area contributed by atoms with Crippen LogP contribution in [0.2, 0.25) is 0 Å². The molecule has 2 aromatic carbocycles. The molecule has 1 heterocycles. The van der Waals surface area contributed by atoms with Crippen molar-refractivity contribution in [2.45, 2.75) is 24.2 Å². The van der Waals surface area contributed by atoms with Gasteiger partial charge in [0.2, 0.25) is 5.91 Å². The Labute approximate surface area is 271 Å². The third kappa shape index (κ3) is 6.27. The van der Waals surface area contributed by atoms with Crippen molar-refractivity contribution >= 4 is 15.9 Å². The Bertz CT molecular complexity index is 928. The van der Waals surface area contributed by atoms with Crippen molar-refractivity contribution in [2.24, 2.45) is 5.92 Å². The molecular weight excluding hydrogens is 531 g/mol. The number of aryl methyl sites for hydroxylation is 1. The van der Waals surface area contributed by atoms with E-state index in [2.05, 4.69) is 43.3 Å². The second-order valence-corrected chi connectivity index (χ2v) is 9.20. The zero-order valence-electron chi connectivity index (χ0n) is 17.3. The maximum atomic E-state index is 12.8. The quantitative estimate of drug-likeness (QED) is 0.366. The van der Waals surface area contributed by atoms with Crippen LogP contribution in [0.15, 0.2) is 47.4 Å². The summed E-state index contributed by atoms with van der Waals surface area (Å²) in [5.41, 5.74) is 2.44. The molecular formula is C21H22N2O3Rb2S. The fourth-order valence-electron chi connectivity index (χ4n) is 3.67. The molecule has 2 unspecified atom stereocenters. The summed E-state index contributed by atoms with van der Waals surface area (Å²) >= 11 is 0. The largest absolute Gasteiger partial charge is 1.00 e. The first-order chi connectivity index (χ1) is 13.0. The van der Waals surface area contributed by atoms with Gasteiger partial charge in [0.1, 0.15) is 10.0 Å². The van der Waals surface area contributed by atoms with Gasteiger partial charge in [-0.2, -0.15) is 0 Å². The van der Waals surface area contributed by atoms with Crippen LogP contribution in [0.3, 0.4) is 0 Å². The van der Waals surface area contributed by atoms with Crippen LogP contribution in [0.5, 0.6) is 0 Å². The van der Waals surface area contributed by atoms with Crippen LogP contribution in [0, 0.1) is 25.0 Å². The van der Waals surface area contributed by atoms with Gasteiger partial charge in [-0.1, -0.05) is 29.8 Å². The minimum Gasteiger partial charge on any atom is -0.358 e. The van der Waals surface area contributed by atoms with Crippen LogP contribution in [-0.4, -0.2) is 49.7 Å². The summed E-state index contributed by atoms with van der Waals surface area (Å²) in [4.78, 5) is 14.8. The molecule has 2 aromatic rings. The molecule has 4 rings (SSSR count). The Kier molecular flexibility index (Phi) is 10.6. The van der Waals surface area contributed by atoms with E-state index in [0.29, 0.717) is 32.1 Å². The Morgan fingerprint density at radius 3 is 2.17 bits per heavy atom. The summed E-state index contributed by atoms with van der Waals surface area (Å²) in [7, 11) is -3.54. The number of nitrogens with zero attached hydrogens (tertiary/aromatic N) is 2. The van der Waals surface area contributed by atoms with E-state index < -0.39 is 10.0 Å². The maximum absolute atomic E-state index is 12.8. The average Bonchev–Trinajstić information content (AvgIpc) is 3.49. The average molecular weight is 553 g/mol. The predicted octanol–water partition coefficient (Wildman–Crippen LogP) is -3.76. The molecule has 2 atom stereocenters. The number of piperazine rings is 1. The minimum atomic E-state index is -3.54. The fourth-order valence-corrected chi connectivity index (χ4v) is 5.04. The summed E-state index contributed by atoms with van der Waals surface area (Å²) in [5.74, 6) is 0.489. The van der Waals surface area contributed by atoms with Crippen molar-refractivity contribution in [3.05, 3.63) is 65.7 Å². The first kappa shape index (κ1) is 26.7. The van der Waals surface area contributed by atoms with Crippen LogP contribution in [-0.2, 0) is 14.8 Å². The van der Waals surface area contributed by atoms with E-state index >= 15 is 0 Å². The minimum absolute atomic E-state index is 0. The first-order valence-corrected chi connectivity index (χ1v) is 10.6. The van der Waals surface area contributed by atoms with E-state index in [0.717, 1.165) is 6.42 Å². The SMILES string of the molecule is Cc1ccc(C2CC2C(=O)N2CCN(S(=O)(=O)c3c[c-]c[c-]c3)CC2)cc1.[Rb+].[Rb+]. The van der Waals surface area contributed by atoms with Gasteiger partial charge in [-0.05, 0) is 24.8 Å². The number of rotatable bonds is 4. The molecule has 1 saturated heterocycles. The van der Waals surface area contributed by atoms with Gasteiger partial charge < -0.3 is 23.1 Å². The normalized spacial score (nSPS) is 21.6. The number of carbonyl (C=O) groups excluding carboxylic acids is 1. The summed E-state index contributed by atoms with van der Waals surface area (Å²) < 4.78 is 26.8. The standard InChI is InChI=1S/C21H22N2O3S.2Rb/c1-16-7-9-17(10-8-16)19-15-20(19)21(24)22-11-13-23(14-12-22)27(25,26)18-5-3-2-4-6-18;;/h2,5-10,19-20H,11-15H2,1H3;;/q-2;2*+1. The number of amides is 1. The van der Waals surface area contributed by atoms with Gasteiger partial charge >= 0.3 is 116 Å². The molecule has 0 N–H and O–H groups in total. The fraction of sp³-hybridized carbons (Fsp3) is 0.381. The van der Waals surface area contributed by atoms with Crippen LogP contribution in [0.4, 0.5) is 0 Å². The maximum Gasteiger partial charge on any atom is 1.00 e. The van der Waals surface area contributed by atoms with Gasteiger partial charge in [-0.3, -0.25) is 16.9 Å². The predicted molar refractivity (Wildman–Crippen MR) is 101 cm³/mol. The molecule has 0 radical (unpaired) electrons. The summed E-state index contributed by atoms with van der Waals surface area (Å²) in [6, 6.07) is 18.3. The zero-order valence-corrected chi connectivity index (χ0v) is 27.9. The number of benzene rings is 2. The van der Waals surface area contributed by atoms with Gasteiger partial charge in [-0.15, -0.1) is 4.90 Å². The molecule has 1 aliphatic carbocycles. The number of carbonyl (C=O) groups is 1. The van der Waals surface area contributed by atoms with Gasteiger partial charge in [0.05, 0.1) is 0 Å². The second kappa shape index (κ2) is 11.5. The van der Waals surface area contributed by atoms with Crippen molar-refractivity contribution in [3.63, 3.8) is 0 Å². The monoisotopic (exact) mass is 552 g/mol. The van der Waals surface area contributed by atoms with E-state index in [4.69, 9.17) is 0 Å². The van der Waals surface area contributed by atoms with E-state index in [9.17, 15) is 13.2 Å². The Hall–Kier alpha value is 1.43. The molecule has 0 aromatic heterocycles. The topological polar surface area (TPSA) is 57.7 Å². The van der Waals surface area contributed by atoms with Crippen molar-refractivity contribution in [1.82, 2.24) is 9.21 Å². The van der Waals surface area contributed by atoms with Crippen LogP contribution in [0.1, 0.15) is 23.5 Å². The zero-order chi connectivity index (χ0) is 19.0. The number of hydrogen-bond donors (Lipinski definition) is 0. The van der Waals surface area contributed by atoms with Crippen LogP contribution < -0.4 is 116 Å². The Balaban J connectivity index is 0.00000150. The van der Waals surface area contributed by atoms with Gasteiger partial charge in [0.25, 0.3) is 0 Å². The van der Waals surface area contributed by atoms with Gasteiger partial charge in [0.15, 0.2) is 0 Å². The van der Waals surface area contributed by atoms with Gasteiger partial charge in [0, 0.05) is 32.1 Å². The molecule has 0 spiro atoms. The molecule has 1 aliphatic heterocycles. The molecule has 2 fully saturated rings. The first-order valence-electron chi connectivity index (χ1n) is 9.19. The van der Waals surface area contributed by atoms with E-state index in [1.165, 1.54) is 27.6 Å². The van der Waals surface area contributed by atoms with Gasteiger partial charge in [-0.25, -0.2) is 12.7 Å². The summed E-state index contributed by atoms with van der Waals surface area (Å²) in [6.45, 7) is 3.58. The second-order valence-electron chi connectivity index (χ2n) is 7.26. The smallest absolute Gasteiger partial charge is 0.358 e. The number of hydrogen-bond acceptors (Lipinski definition) is 3. The summed E-state index contributed by atoms with van der Waals surface area (Å²) in [5, 5.41) is 0. The van der Waals surface area contributed by atoms with E-state index in [1.807, 2.05) is 4.90 Å². The van der Waals surface area contributed by atoms with E-state index in [-0.39, 0.29) is 133 Å². The molecule has 29 heavy (non-hydrogen) atoms. The molecule has 1 amide bonds. The van der Waals surface area contributed by atoms with E-state index in [1.54, 1.807) is 6.07 Å². The van der Waals surface area contributed by atoms with Crippen molar-refractivity contribution < 1.29 is 130 Å². The summed E-state index contributed by atoms with van der Waals surface area (Å²) in [6.07, 6.45) is 0.885. The molecule has 2 aliphatic rings. The van der Waals surface area contributed by atoms with Crippen molar-refractivity contribution in [1.29, 1.82) is 0 Å². The molecule has 0 bridgehead atoms. The van der Waals surface area contributed by atoms with Crippen molar-refractivity contribution in [3.8, 4) is 0 Å². The van der Waals surface area contributed by atoms with Crippen LogP contribution >= 0.6 is 0 Å². The number of sulfonamides is 1. The molecule has 5 nitrogen and oxygen atoms in total. The molecule has 142 valence electrons. The molecule has 1 saturated carbocycles.